The molecule has 1 unspecified atom stereocenters. The third-order valence-corrected chi connectivity index (χ3v) is 8.47. The zero-order chi connectivity index (χ0) is 28.8. The lowest BCUT2D eigenvalue weighted by atomic mass is 9.84. The van der Waals surface area contributed by atoms with Crippen molar-refractivity contribution in [2.24, 2.45) is 0 Å². The Bertz CT molecular complexity index is 1620. The van der Waals surface area contributed by atoms with Crippen molar-refractivity contribution in [1.29, 1.82) is 0 Å². The molecule has 4 aliphatic rings. The Kier molecular flexibility index (Phi) is 6.73. The first-order valence-corrected chi connectivity index (χ1v) is 14.7. The van der Waals surface area contributed by atoms with Crippen molar-refractivity contribution in [3.05, 3.63) is 65.6 Å². The molecule has 1 atom stereocenters. The van der Waals surface area contributed by atoms with Crippen LogP contribution in [0.3, 0.4) is 0 Å². The fraction of sp³-hybridized carbons (Fsp3) is 0.387. The Balaban J connectivity index is 1.15. The van der Waals surface area contributed by atoms with Crippen molar-refractivity contribution in [1.82, 2.24) is 34.9 Å². The smallest absolute Gasteiger partial charge is 0.248 e. The number of carbonyl (C=O) groups excluding carboxylic acids is 1. The summed E-state index contributed by atoms with van der Waals surface area (Å²) in [5.74, 6) is 1.79. The molecule has 4 aromatic rings. The van der Waals surface area contributed by atoms with Gasteiger partial charge in [0.15, 0.2) is 5.82 Å². The largest absolute Gasteiger partial charge is 0.370 e. The summed E-state index contributed by atoms with van der Waals surface area (Å²) < 4.78 is 1.62. The minimum absolute atomic E-state index is 0.0390. The molecular formula is C31H36N10O. The summed E-state index contributed by atoms with van der Waals surface area (Å²) in [5.41, 5.74) is 14.0. The van der Waals surface area contributed by atoms with Gasteiger partial charge < -0.3 is 26.2 Å². The predicted octanol–water partition coefficient (Wildman–Crippen LogP) is 3.28. The van der Waals surface area contributed by atoms with E-state index in [1.165, 1.54) is 5.69 Å². The van der Waals surface area contributed by atoms with Crippen molar-refractivity contribution in [3.63, 3.8) is 0 Å². The summed E-state index contributed by atoms with van der Waals surface area (Å²) in [6, 6.07) is 14.7. The number of piperidine rings is 1. The van der Waals surface area contributed by atoms with Crippen LogP contribution in [0.15, 0.2) is 48.7 Å². The Morgan fingerprint density at radius 3 is 2.69 bits per heavy atom. The molecule has 11 nitrogen and oxygen atoms in total. The molecule has 11 heteroatoms. The molecule has 0 spiro atoms. The number of pyridine rings is 2. The first-order valence-electron chi connectivity index (χ1n) is 14.7. The molecular weight excluding hydrogens is 528 g/mol. The standard InChI is InChI=1S/C31H36N10O/c1-39(2)18-27(42)34-22-8-9-25-21(14-22)15-23(17-33-25)35-31-37-30(32)41(38-31)26-16-24(19-6-4-3-5-7-19)29-28(36-26)20-10-12-40(29)13-11-20/h3-7,15-17,20,22H,8-14,18H2,1-2H3,(H,34,42)(H3,32,35,37,38). The second-order valence-corrected chi connectivity index (χ2v) is 11.8. The van der Waals surface area contributed by atoms with E-state index in [1.54, 1.807) is 10.9 Å². The van der Waals surface area contributed by atoms with E-state index in [2.05, 4.69) is 61.9 Å². The van der Waals surface area contributed by atoms with Crippen molar-refractivity contribution in [2.45, 2.75) is 44.1 Å². The Labute approximate surface area is 245 Å². The van der Waals surface area contributed by atoms with Gasteiger partial charge in [-0.05, 0) is 69.5 Å². The normalized spacial score (nSPS) is 17.7. The molecule has 3 aliphatic heterocycles. The number of aryl methyl sites for hydroxylation is 1. The maximum absolute atomic E-state index is 12.3. The average Bonchev–Trinajstić information content (AvgIpc) is 3.36. The summed E-state index contributed by atoms with van der Waals surface area (Å²) >= 11 is 0. The Morgan fingerprint density at radius 2 is 1.90 bits per heavy atom. The summed E-state index contributed by atoms with van der Waals surface area (Å²) in [6.07, 6.45) is 6.48. The maximum atomic E-state index is 12.3. The molecule has 1 saturated heterocycles. The van der Waals surface area contributed by atoms with Gasteiger partial charge in [-0.25, -0.2) is 4.98 Å². The summed E-state index contributed by atoms with van der Waals surface area (Å²) in [6.45, 7) is 2.51. The van der Waals surface area contributed by atoms with E-state index < -0.39 is 0 Å². The number of nitrogen functional groups attached to an aromatic ring is 1. The van der Waals surface area contributed by atoms with Crippen LogP contribution >= 0.6 is 0 Å². The van der Waals surface area contributed by atoms with E-state index in [4.69, 9.17) is 15.8 Å². The highest BCUT2D eigenvalue weighted by Crippen LogP contribution is 2.46. The lowest BCUT2D eigenvalue weighted by Crippen LogP contribution is -2.42. The molecule has 216 valence electrons. The Hall–Kier alpha value is -4.51. The highest BCUT2D eigenvalue weighted by molar-refractivity contribution is 5.83. The fourth-order valence-corrected chi connectivity index (χ4v) is 6.53. The van der Waals surface area contributed by atoms with Gasteiger partial charge >= 0.3 is 0 Å². The van der Waals surface area contributed by atoms with Gasteiger partial charge in [-0.15, -0.1) is 5.10 Å². The van der Waals surface area contributed by atoms with Crippen molar-refractivity contribution < 1.29 is 4.79 Å². The van der Waals surface area contributed by atoms with E-state index in [-0.39, 0.29) is 17.9 Å². The van der Waals surface area contributed by atoms with Gasteiger partial charge in [0.05, 0.1) is 29.8 Å². The first-order chi connectivity index (χ1) is 20.4. The van der Waals surface area contributed by atoms with Crippen LogP contribution in [0.5, 0.6) is 0 Å². The molecule has 4 N–H and O–H groups in total. The van der Waals surface area contributed by atoms with Crippen molar-refractivity contribution in [3.8, 4) is 16.9 Å². The van der Waals surface area contributed by atoms with Crippen LogP contribution in [0, 0.1) is 0 Å². The van der Waals surface area contributed by atoms with Gasteiger partial charge in [0.25, 0.3) is 0 Å². The van der Waals surface area contributed by atoms with Gasteiger partial charge in [-0.2, -0.15) is 9.67 Å². The van der Waals surface area contributed by atoms with Crippen LogP contribution in [-0.2, 0) is 17.6 Å². The minimum Gasteiger partial charge on any atom is -0.370 e. The second-order valence-electron chi connectivity index (χ2n) is 11.8. The first kappa shape index (κ1) is 26.4. The maximum Gasteiger partial charge on any atom is 0.248 e. The van der Waals surface area contributed by atoms with Crippen LogP contribution < -0.4 is 21.3 Å². The molecule has 1 aliphatic carbocycles. The highest BCUT2D eigenvalue weighted by atomic mass is 16.2. The fourth-order valence-electron chi connectivity index (χ4n) is 6.53. The average molecular weight is 565 g/mol. The number of carbonyl (C=O) groups is 1. The van der Waals surface area contributed by atoms with Gasteiger partial charge in [0.2, 0.25) is 17.8 Å². The molecule has 2 bridgehead atoms. The molecule has 3 aromatic heterocycles. The van der Waals surface area contributed by atoms with Crippen LogP contribution in [0.1, 0.15) is 42.1 Å². The van der Waals surface area contributed by atoms with E-state index in [1.807, 2.05) is 25.1 Å². The van der Waals surface area contributed by atoms with E-state index in [0.717, 1.165) is 79.0 Å². The number of amides is 1. The summed E-state index contributed by atoms with van der Waals surface area (Å²) in [4.78, 5) is 30.9. The van der Waals surface area contributed by atoms with E-state index in [9.17, 15) is 4.79 Å². The number of nitrogens with two attached hydrogens (primary N) is 1. The third-order valence-electron chi connectivity index (χ3n) is 8.47. The number of aromatic nitrogens is 5. The predicted molar refractivity (Wildman–Crippen MR) is 163 cm³/mol. The lowest BCUT2D eigenvalue weighted by Gasteiger charge is -2.42. The van der Waals surface area contributed by atoms with Crippen LogP contribution in [-0.4, -0.2) is 75.3 Å². The Morgan fingerprint density at radius 1 is 1.10 bits per heavy atom. The van der Waals surface area contributed by atoms with E-state index in [0.29, 0.717) is 24.2 Å². The number of likely N-dealkylation sites (N-methyl/N-ethyl adjacent to an activating group) is 1. The summed E-state index contributed by atoms with van der Waals surface area (Å²) in [5, 5.41) is 11.2. The number of hydrogen-bond acceptors (Lipinski definition) is 9. The van der Waals surface area contributed by atoms with Crippen LogP contribution in [0.4, 0.5) is 23.3 Å². The zero-order valence-corrected chi connectivity index (χ0v) is 24.0. The molecule has 42 heavy (non-hydrogen) atoms. The third kappa shape index (κ3) is 5.04. The topological polar surface area (TPSA) is 130 Å². The van der Waals surface area contributed by atoms with Gasteiger partial charge in [-0.3, -0.25) is 9.78 Å². The quantitative estimate of drug-likeness (QED) is 0.310. The van der Waals surface area contributed by atoms with Gasteiger partial charge in [0, 0.05) is 36.3 Å². The highest BCUT2D eigenvalue weighted by Gasteiger charge is 2.35. The number of anilines is 4. The van der Waals surface area contributed by atoms with Gasteiger partial charge in [-0.1, -0.05) is 30.3 Å². The number of hydrogen-bond donors (Lipinski definition) is 3. The minimum atomic E-state index is 0.0390. The molecule has 0 radical (unpaired) electrons. The van der Waals surface area contributed by atoms with E-state index >= 15 is 0 Å². The molecule has 1 aromatic carbocycles. The molecule has 1 amide bonds. The molecule has 8 rings (SSSR count). The molecule has 1 fully saturated rings. The number of nitrogens with one attached hydrogen (secondary N) is 2. The van der Waals surface area contributed by atoms with Crippen molar-refractivity contribution >= 4 is 29.2 Å². The lowest BCUT2D eigenvalue weighted by molar-refractivity contribution is -0.122. The zero-order valence-electron chi connectivity index (χ0n) is 24.0. The van der Waals surface area contributed by atoms with Crippen LogP contribution in [0.25, 0.3) is 16.9 Å². The monoisotopic (exact) mass is 564 g/mol. The number of nitrogens with zero attached hydrogens (tertiary/aromatic N) is 7. The number of benzene rings is 1. The SMILES string of the molecule is CN(C)CC(=O)NC1CCc2ncc(Nc3nc(N)n(-c4cc(-c5ccccc5)c5c(n4)C4CCN5CC4)n3)cc2C1. The van der Waals surface area contributed by atoms with Gasteiger partial charge in [0.1, 0.15) is 0 Å². The second kappa shape index (κ2) is 10.7. The van der Waals surface area contributed by atoms with Crippen LogP contribution in [0.2, 0.25) is 0 Å². The summed E-state index contributed by atoms with van der Waals surface area (Å²) in [7, 11) is 3.79. The number of fused-ring (bicyclic) bond motifs is 3. The number of rotatable bonds is 7. The molecule has 6 heterocycles. The molecule has 0 saturated carbocycles. The van der Waals surface area contributed by atoms with Crippen molar-refractivity contribution in [2.75, 3.05) is 49.7 Å².